The average molecular weight is 462 g/mol. The van der Waals surface area contributed by atoms with E-state index in [0.29, 0.717) is 22.7 Å². The fourth-order valence-electron chi connectivity index (χ4n) is 4.76. The smallest absolute Gasteiger partial charge is 0.192 e. The number of aromatic nitrogens is 1. The lowest BCUT2D eigenvalue weighted by Crippen LogP contribution is -1.96. The van der Waals surface area contributed by atoms with Crippen molar-refractivity contribution in [2.24, 2.45) is 0 Å². The van der Waals surface area contributed by atoms with E-state index in [2.05, 4.69) is 70.1 Å². The molecule has 0 radical (unpaired) electrons. The maximum Gasteiger partial charge on any atom is 0.192 e. The summed E-state index contributed by atoms with van der Waals surface area (Å²) in [6.07, 6.45) is 0. The van der Waals surface area contributed by atoms with Gasteiger partial charge in [0, 0.05) is 33.2 Å². The van der Waals surface area contributed by atoms with Gasteiger partial charge in [0.05, 0.1) is 23.7 Å². The second-order valence-electron chi connectivity index (χ2n) is 8.43. The van der Waals surface area contributed by atoms with Gasteiger partial charge in [0.25, 0.3) is 0 Å². The zero-order valence-electron chi connectivity index (χ0n) is 19.2. The number of nitrogens with zero attached hydrogens (tertiary/aromatic N) is 3. The number of hydrogen-bond donors (Lipinski definition) is 0. The molecule has 6 aromatic rings. The molecule has 6 rings (SSSR count). The molecule has 0 aliphatic carbocycles. The number of hydrogen-bond acceptors (Lipinski definition) is 2. The third-order valence-electron chi connectivity index (χ3n) is 6.26. The molecule has 0 N–H and O–H groups in total. The van der Waals surface area contributed by atoms with Crippen molar-refractivity contribution in [1.82, 2.24) is 4.57 Å². The first kappa shape index (κ1) is 21.2. The highest BCUT2D eigenvalue weighted by Gasteiger charge is 2.18. The van der Waals surface area contributed by atoms with E-state index in [0.717, 1.165) is 33.2 Å². The van der Waals surface area contributed by atoms with Crippen molar-refractivity contribution in [3.8, 4) is 34.4 Å². The minimum Gasteiger partial charge on any atom is -0.458 e. The number of para-hydroxylation sites is 4. The van der Waals surface area contributed by atoms with Crippen LogP contribution in [-0.4, -0.2) is 4.57 Å². The average Bonchev–Trinajstić information content (AvgIpc) is 3.28. The van der Waals surface area contributed by atoms with Gasteiger partial charge >= 0.3 is 0 Å². The van der Waals surface area contributed by atoms with E-state index >= 15 is 0 Å². The van der Waals surface area contributed by atoms with Gasteiger partial charge in [-0.3, -0.25) is 0 Å². The Bertz CT molecular complexity index is 1800. The Morgan fingerprint density at radius 3 is 2.28 bits per heavy atom. The summed E-state index contributed by atoms with van der Waals surface area (Å²) >= 11 is 0. The second-order valence-corrected chi connectivity index (χ2v) is 8.43. The summed E-state index contributed by atoms with van der Waals surface area (Å²) < 4.78 is 8.61. The number of rotatable bonds is 4. The Labute approximate surface area is 208 Å². The predicted octanol–water partition coefficient (Wildman–Crippen LogP) is 8.67. The molecule has 0 amide bonds. The van der Waals surface area contributed by atoms with E-state index in [1.807, 2.05) is 42.5 Å². The van der Waals surface area contributed by atoms with Crippen LogP contribution in [0.3, 0.4) is 0 Å². The molecule has 0 aliphatic rings. The van der Waals surface area contributed by atoms with Crippen LogP contribution in [0, 0.1) is 17.9 Å². The molecular formula is C32H19N3O. The predicted molar refractivity (Wildman–Crippen MR) is 144 cm³/mol. The van der Waals surface area contributed by atoms with Crippen molar-refractivity contribution in [3.05, 3.63) is 132 Å². The quantitative estimate of drug-likeness (QED) is 0.247. The topological polar surface area (TPSA) is 42.3 Å². The Morgan fingerprint density at radius 2 is 1.44 bits per heavy atom. The third-order valence-corrected chi connectivity index (χ3v) is 6.26. The van der Waals surface area contributed by atoms with Gasteiger partial charge < -0.3 is 9.30 Å². The number of ether oxygens (including phenoxy) is 1. The van der Waals surface area contributed by atoms with Crippen LogP contribution in [-0.2, 0) is 0 Å². The molecule has 0 aliphatic heterocycles. The Hall–Kier alpha value is -5.32. The second kappa shape index (κ2) is 8.80. The molecule has 0 unspecified atom stereocenters. The van der Waals surface area contributed by atoms with Crippen molar-refractivity contribution in [2.75, 3.05) is 0 Å². The highest BCUT2D eigenvalue weighted by atomic mass is 16.5. The first-order valence-electron chi connectivity index (χ1n) is 11.5. The number of benzene rings is 5. The summed E-state index contributed by atoms with van der Waals surface area (Å²) in [4.78, 5) is 3.49. The molecule has 1 heterocycles. The van der Waals surface area contributed by atoms with Crippen LogP contribution >= 0.6 is 0 Å². The van der Waals surface area contributed by atoms with Crippen molar-refractivity contribution >= 4 is 27.5 Å². The van der Waals surface area contributed by atoms with Crippen LogP contribution in [0.1, 0.15) is 5.56 Å². The first-order chi connectivity index (χ1) is 17.8. The van der Waals surface area contributed by atoms with Gasteiger partial charge in [-0.15, -0.1) is 0 Å². The lowest BCUT2D eigenvalue weighted by Gasteiger charge is -2.15. The van der Waals surface area contributed by atoms with Crippen molar-refractivity contribution < 1.29 is 4.74 Å². The molecule has 0 atom stereocenters. The van der Waals surface area contributed by atoms with Gasteiger partial charge in [-0.1, -0.05) is 72.8 Å². The first-order valence-corrected chi connectivity index (χ1v) is 11.5. The summed E-state index contributed by atoms with van der Waals surface area (Å²) in [5.74, 6) is 1.11. The minimum absolute atomic E-state index is 0.368. The normalized spacial score (nSPS) is 10.7. The van der Waals surface area contributed by atoms with Crippen LogP contribution in [0.25, 0.3) is 43.5 Å². The van der Waals surface area contributed by atoms with Crippen LogP contribution in [0.5, 0.6) is 11.5 Å². The standard InChI is InChI=1S/C32H19N3O/c1-34-23-18-22(21-33)19-25(20-23)36-31-17-8-6-13-27(31)29-15-9-14-28-26-12-5-7-16-30(26)35(32(28)29)24-10-3-2-4-11-24/h2-20H. The summed E-state index contributed by atoms with van der Waals surface area (Å²) in [6.45, 7) is 7.37. The van der Waals surface area contributed by atoms with Gasteiger partial charge in [0.15, 0.2) is 5.69 Å². The highest BCUT2D eigenvalue weighted by Crippen LogP contribution is 2.42. The molecule has 1 aromatic heterocycles. The van der Waals surface area contributed by atoms with Crippen molar-refractivity contribution in [1.29, 1.82) is 5.26 Å². The SMILES string of the molecule is [C-]#[N+]c1cc(C#N)cc(Oc2ccccc2-c2cccc3c4ccccc4n(-c4ccccc4)c23)c1. The number of nitriles is 1. The highest BCUT2D eigenvalue weighted by molar-refractivity contribution is 6.14. The van der Waals surface area contributed by atoms with Crippen LogP contribution in [0.2, 0.25) is 0 Å². The van der Waals surface area contributed by atoms with Gasteiger partial charge in [-0.05, 0) is 42.5 Å². The fourth-order valence-corrected chi connectivity index (χ4v) is 4.76. The molecule has 168 valence electrons. The van der Waals surface area contributed by atoms with E-state index in [-0.39, 0.29) is 0 Å². The number of fused-ring (bicyclic) bond motifs is 3. The van der Waals surface area contributed by atoms with Crippen LogP contribution in [0.15, 0.2) is 115 Å². The molecule has 4 heteroatoms. The lowest BCUT2D eigenvalue weighted by molar-refractivity contribution is 0.484. The molecule has 0 spiro atoms. The molecule has 5 aromatic carbocycles. The third kappa shape index (κ3) is 3.55. The molecule has 0 saturated carbocycles. The van der Waals surface area contributed by atoms with Gasteiger partial charge in [0.1, 0.15) is 11.5 Å². The zero-order chi connectivity index (χ0) is 24.5. The molecular weight excluding hydrogens is 442 g/mol. The monoisotopic (exact) mass is 461 g/mol. The summed E-state index contributed by atoms with van der Waals surface area (Å²) in [5.41, 5.74) is 6.02. The Kier molecular flexibility index (Phi) is 5.19. The maximum absolute atomic E-state index is 9.40. The van der Waals surface area contributed by atoms with E-state index < -0.39 is 0 Å². The largest absolute Gasteiger partial charge is 0.458 e. The van der Waals surface area contributed by atoms with Crippen LogP contribution < -0.4 is 4.74 Å². The zero-order valence-corrected chi connectivity index (χ0v) is 19.2. The van der Waals surface area contributed by atoms with Crippen molar-refractivity contribution in [3.63, 3.8) is 0 Å². The van der Waals surface area contributed by atoms with Gasteiger partial charge in [0.2, 0.25) is 0 Å². The Balaban J connectivity index is 1.61. The molecule has 36 heavy (non-hydrogen) atoms. The molecule has 4 nitrogen and oxygen atoms in total. The molecule has 0 fully saturated rings. The van der Waals surface area contributed by atoms with Crippen molar-refractivity contribution in [2.45, 2.75) is 0 Å². The van der Waals surface area contributed by atoms with Gasteiger partial charge in [-0.25, -0.2) is 4.85 Å². The summed E-state index contributed by atoms with van der Waals surface area (Å²) in [5, 5.41) is 11.7. The maximum atomic E-state index is 9.40. The summed E-state index contributed by atoms with van der Waals surface area (Å²) in [6, 6.07) is 40.0. The van der Waals surface area contributed by atoms with E-state index in [4.69, 9.17) is 11.3 Å². The molecule has 0 saturated heterocycles. The minimum atomic E-state index is 0.368. The Morgan fingerprint density at radius 1 is 0.722 bits per heavy atom. The lowest BCUT2D eigenvalue weighted by atomic mass is 10.0. The fraction of sp³-hybridized carbons (Fsp3) is 0. The van der Waals surface area contributed by atoms with Crippen LogP contribution in [0.4, 0.5) is 5.69 Å². The van der Waals surface area contributed by atoms with E-state index in [9.17, 15) is 5.26 Å². The van der Waals surface area contributed by atoms with E-state index in [1.54, 1.807) is 18.2 Å². The van der Waals surface area contributed by atoms with Gasteiger partial charge in [-0.2, -0.15) is 5.26 Å². The molecule has 0 bridgehead atoms. The summed E-state index contributed by atoms with van der Waals surface area (Å²) in [7, 11) is 0. The van der Waals surface area contributed by atoms with E-state index in [1.165, 1.54) is 5.39 Å².